The largest absolute Gasteiger partial charge is 0.504 e. The molecule has 0 saturated heterocycles. The summed E-state index contributed by atoms with van der Waals surface area (Å²) in [6, 6.07) is 5.34. The maximum Gasteiger partial charge on any atom is 0.235 e. The molecule has 4 nitrogen and oxygen atoms in total. The molecule has 1 aromatic carbocycles. The number of halogens is 1. The van der Waals surface area contributed by atoms with Gasteiger partial charge < -0.3 is 15.2 Å². The van der Waals surface area contributed by atoms with Crippen LogP contribution in [0, 0.1) is 0 Å². The molecule has 0 bridgehead atoms. The molecular formula is C17H26ClNO3S. The van der Waals surface area contributed by atoms with E-state index >= 15 is 0 Å². The number of alkyl halides is 1. The number of hydrogen-bond donors (Lipinski definition) is 2. The van der Waals surface area contributed by atoms with Crippen LogP contribution in [-0.4, -0.2) is 35.3 Å². The maximum absolute atomic E-state index is 11.8. The monoisotopic (exact) mass is 359 g/mol. The summed E-state index contributed by atoms with van der Waals surface area (Å²) in [5.74, 6) is 1.15. The fourth-order valence-electron chi connectivity index (χ4n) is 2.36. The fourth-order valence-corrected chi connectivity index (χ4v) is 3.65. The van der Waals surface area contributed by atoms with Crippen molar-refractivity contribution >= 4 is 29.3 Å². The Hall–Kier alpha value is -1.07. The zero-order valence-electron chi connectivity index (χ0n) is 14.0. The quantitative estimate of drug-likeness (QED) is 0.486. The molecule has 0 spiro atoms. The van der Waals surface area contributed by atoms with E-state index in [1.165, 1.54) is 7.11 Å². The molecule has 0 aromatic heterocycles. The molecule has 0 aliphatic carbocycles. The van der Waals surface area contributed by atoms with Crippen LogP contribution in [0.5, 0.6) is 11.5 Å². The number of carbonyl (C=O) groups excluding carboxylic acids is 1. The number of aromatic hydroxyl groups is 1. The molecule has 2 N–H and O–H groups in total. The van der Waals surface area contributed by atoms with Gasteiger partial charge in [-0.2, -0.15) is 0 Å². The Morgan fingerprint density at radius 3 is 2.70 bits per heavy atom. The summed E-state index contributed by atoms with van der Waals surface area (Å²) in [5, 5.41) is 13.0. The van der Waals surface area contributed by atoms with Crippen LogP contribution >= 0.6 is 23.4 Å². The second-order valence-corrected chi connectivity index (χ2v) is 6.86. The Kier molecular flexibility index (Phi) is 8.63. The Morgan fingerprint density at radius 2 is 2.17 bits per heavy atom. The number of methoxy groups -OCH3 is 1. The zero-order chi connectivity index (χ0) is 17.3. The van der Waals surface area contributed by atoms with Crippen molar-refractivity contribution in [2.75, 3.05) is 18.7 Å². The van der Waals surface area contributed by atoms with Crippen molar-refractivity contribution in [1.29, 1.82) is 0 Å². The van der Waals surface area contributed by atoms with Crippen LogP contribution in [0.3, 0.4) is 0 Å². The first-order valence-electron chi connectivity index (χ1n) is 7.87. The van der Waals surface area contributed by atoms with Crippen molar-refractivity contribution < 1.29 is 14.6 Å². The number of nitrogens with one attached hydrogen (secondary N) is 1. The van der Waals surface area contributed by atoms with Crippen molar-refractivity contribution in [2.24, 2.45) is 0 Å². The van der Waals surface area contributed by atoms with E-state index < -0.39 is 0 Å². The lowest BCUT2D eigenvalue weighted by molar-refractivity contribution is -0.120. The number of hydrogen-bond acceptors (Lipinski definition) is 4. The van der Waals surface area contributed by atoms with E-state index in [1.54, 1.807) is 23.9 Å². The SMILES string of the molecule is CCCCC(CC)(CSc1ccc(OC)c(O)c1)NC(=O)CCl. The molecule has 1 aromatic rings. The lowest BCUT2D eigenvalue weighted by Gasteiger charge is -2.34. The predicted octanol–water partition coefficient (Wildman–Crippen LogP) is 4.19. The van der Waals surface area contributed by atoms with Crippen LogP contribution in [0.2, 0.25) is 0 Å². The number of ether oxygens (including phenoxy) is 1. The average molecular weight is 360 g/mol. The highest BCUT2D eigenvalue weighted by Crippen LogP contribution is 2.34. The van der Waals surface area contributed by atoms with Crippen LogP contribution in [0.15, 0.2) is 23.1 Å². The summed E-state index contributed by atoms with van der Waals surface area (Å²) in [6.45, 7) is 4.22. The van der Waals surface area contributed by atoms with Crippen molar-refractivity contribution in [3.05, 3.63) is 18.2 Å². The normalized spacial score (nSPS) is 13.4. The van der Waals surface area contributed by atoms with Crippen molar-refractivity contribution in [2.45, 2.75) is 50.0 Å². The number of unbranched alkanes of at least 4 members (excludes halogenated alkanes) is 1. The summed E-state index contributed by atoms with van der Waals surface area (Å²) in [7, 11) is 1.52. The smallest absolute Gasteiger partial charge is 0.235 e. The number of rotatable bonds is 10. The van der Waals surface area contributed by atoms with Gasteiger partial charge in [0, 0.05) is 16.2 Å². The molecule has 0 heterocycles. The number of phenolic OH excluding ortho intramolecular Hbond substituents is 1. The van der Waals surface area contributed by atoms with Crippen molar-refractivity contribution in [3.8, 4) is 11.5 Å². The summed E-state index contributed by atoms with van der Waals surface area (Å²) >= 11 is 7.27. The van der Waals surface area contributed by atoms with Gasteiger partial charge in [0.15, 0.2) is 11.5 Å². The van der Waals surface area contributed by atoms with E-state index in [-0.39, 0.29) is 23.1 Å². The molecule has 1 rings (SSSR count). The highest BCUT2D eigenvalue weighted by molar-refractivity contribution is 7.99. The first-order chi connectivity index (χ1) is 11.0. The van der Waals surface area contributed by atoms with Gasteiger partial charge in [-0.1, -0.05) is 26.7 Å². The van der Waals surface area contributed by atoms with Gasteiger partial charge >= 0.3 is 0 Å². The average Bonchev–Trinajstić information content (AvgIpc) is 2.57. The highest BCUT2D eigenvalue weighted by Gasteiger charge is 2.29. The molecule has 0 radical (unpaired) electrons. The number of phenols is 1. The third kappa shape index (κ3) is 6.15. The minimum atomic E-state index is -0.276. The van der Waals surface area contributed by atoms with Gasteiger partial charge in [-0.15, -0.1) is 23.4 Å². The van der Waals surface area contributed by atoms with Crippen molar-refractivity contribution in [1.82, 2.24) is 5.32 Å². The molecule has 0 fully saturated rings. The molecule has 6 heteroatoms. The van der Waals surface area contributed by atoms with E-state index in [1.807, 2.05) is 6.07 Å². The topological polar surface area (TPSA) is 58.6 Å². The highest BCUT2D eigenvalue weighted by atomic mass is 35.5. The van der Waals surface area contributed by atoms with Gasteiger partial charge in [-0.05, 0) is 31.0 Å². The third-order valence-electron chi connectivity index (χ3n) is 3.88. The molecule has 0 aliphatic rings. The summed E-state index contributed by atoms with van der Waals surface area (Å²) in [6.07, 6.45) is 3.87. The fraction of sp³-hybridized carbons (Fsp3) is 0.588. The van der Waals surface area contributed by atoms with E-state index in [9.17, 15) is 9.90 Å². The number of thioether (sulfide) groups is 1. The van der Waals surface area contributed by atoms with E-state index in [2.05, 4.69) is 19.2 Å². The molecular weight excluding hydrogens is 334 g/mol. The Morgan fingerprint density at radius 1 is 1.43 bits per heavy atom. The Balaban J connectivity index is 2.83. The molecule has 1 amide bonds. The summed E-state index contributed by atoms with van der Waals surface area (Å²) in [5.41, 5.74) is -0.276. The second kappa shape index (κ2) is 9.93. The van der Waals surface area contributed by atoms with Crippen LogP contribution in [-0.2, 0) is 4.79 Å². The Bertz CT molecular complexity index is 513. The van der Waals surface area contributed by atoms with E-state index in [0.29, 0.717) is 5.75 Å². The van der Waals surface area contributed by atoms with Gasteiger partial charge in [-0.3, -0.25) is 4.79 Å². The molecule has 130 valence electrons. The zero-order valence-corrected chi connectivity index (χ0v) is 15.6. The molecule has 0 saturated carbocycles. The van der Waals surface area contributed by atoms with Gasteiger partial charge in [0.05, 0.1) is 7.11 Å². The third-order valence-corrected chi connectivity index (χ3v) is 5.40. The summed E-state index contributed by atoms with van der Waals surface area (Å²) in [4.78, 5) is 12.7. The molecule has 0 aliphatic heterocycles. The van der Waals surface area contributed by atoms with Gasteiger partial charge in [-0.25, -0.2) is 0 Å². The Labute approximate surface area is 147 Å². The molecule has 1 atom stereocenters. The van der Waals surface area contributed by atoms with E-state index in [4.69, 9.17) is 16.3 Å². The minimum absolute atomic E-state index is 0.0259. The molecule has 23 heavy (non-hydrogen) atoms. The molecule has 1 unspecified atom stereocenters. The lowest BCUT2D eigenvalue weighted by Crippen LogP contribution is -2.50. The number of benzene rings is 1. The first-order valence-corrected chi connectivity index (χ1v) is 9.39. The van der Waals surface area contributed by atoms with Crippen LogP contribution in [0.25, 0.3) is 0 Å². The lowest BCUT2D eigenvalue weighted by atomic mass is 9.91. The second-order valence-electron chi connectivity index (χ2n) is 5.54. The van der Waals surface area contributed by atoms with Crippen LogP contribution in [0.1, 0.15) is 39.5 Å². The standard InChI is InChI=1S/C17H26ClNO3S/c1-4-6-9-17(5-2,19-16(21)11-18)12-23-13-7-8-15(22-3)14(20)10-13/h7-8,10,20H,4-6,9,11-12H2,1-3H3,(H,19,21). The summed E-state index contributed by atoms with van der Waals surface area (Å²) < 4.78 is 5.06. The first kappa shape index (κ1) is 20.0. The van der Waals surface area contributed by atoms with Crippen LogP contribution < -0.4 is 10.1 Å². The van der Waals surface area contributed by atoms with Gasteiger partial charge in [0.25, 0.3) is 0 Å². The van der Waals surface area contributed by atoms with E-state index in [0.717, 1.165) is 36.3 Å². The number of amides is 1. The van der Waals surface area contributed by atoms with Gasteiger partial charge in [0.1, 0.15) is 5.88 Å². The minimum Gasteiger partial charge on any atom is -0.504 e. The maximum atomic E-state index is 11.8. The van der Waals surface area contributed by atoms with Gasteiger partial charge in [0.2, 0.25) is 5.91 Å². The number of carbonyl (C=O) groups is 1. The van der Waals surface area contributed by atoms with Crippen molar-refractivity contribution in [3.63, 3.8) is 0 Å². The predicted molar refractivity (Wildman–Crippen MR) is 96.8 cm³/mol. The van der Waals surface area contributed by atoms with Crippen LogP contribution in [0.4, 0.5) is 0 Å².